The lowest BCUT2D eigenvalue weighted by molar-refractivity contribution is 0.0551. The van der Waals surface area contributed by atoms with Crippen LogP contribution in [0.1, 0.15) is 32.6 Å². The van der Waals surface area contributed by atoms with E-state index in [2.05, 4.69) is 17.1 Å². The minimum Gasteiger partial charge on any atom is -0.381 e. The molecule has 2 fully saturated rings. The fraction of sp³-hybridized carbons (Fsp3) is 1.00. The largest absolute Gasteiger partial charge is 0.381 e. The lowest BCUT2D eigenvalue weighted by atomic mass is 10.00. The van der Waals surface area contributed by atoms with Gasteiger partial charge in [-0.25, -0.2) is 0 Å². The number of nitrogens with one attached hydrogen (secondary N) is 1. The van der Waals surface area contributed by atoms with Gasteiger partial charge in [-0.3, -0.25) is 0 Å². The van der Waals surface area contributed by atoms with Gasteiger partial charge >= 0.3 is 0 Å². The molecule has 0 aromatic rings. The van der Waals surface area contributed by atoms with Crippen LogP contribution in [0.2, 0.25) is 0 Å². The van der Waals surface area contributed by atoms with E-state index in [1.54, 1.807) is 0 Å². The third-order valence-corrected chi connectivity index (χ3v) is 4.09. The normalized spacial score (nSPS) is 27.7. The molecule has 100 valence electrons. The highest BCUT2D eigenvalue weighted by Crippen LogP contribution is 2.21. The zero-order valence-electron chi connectivity index (χ0n) is 11.3. The number of rotatable bonds is 6. The molecule has 0 aliphatic carbocycles. The molecule has 0 amide bonds. The maximum atomic E-state index is 5.42. The molecule has 0 bridgehead atoms. The summed E-state index contributed by atoms with van der Waals surface area (Å²) in [5.41, 5.74) is 0. The van der Waals surface area contributed by atoms with E-state index in [0.29, 0.717) is 0 Å². The molecule has 1 atom stereocenters. The van der Waals surface area contributed by atoms with E-state index in [-0.39, 0.29) is 0 Å². The van der Waals surface area contributed by atoms with Crippen molar-refractivity contribution in [3.63, 3.8) is 0 Å². The Morgan fingerprint density at radius 3 is 2.76 bits per heavy atom. The van der Waals surface area contributed by atoms with Gasteiger partial charge in [0.25, 0.3) is 0 Å². The summed E-state index contributed by atoms with van der Waals surface area (Å²) in [4.78, 5) is 2.67. The molecule has 3 heteroatoms. The van der Waals surface area contributed by atoms with Crippen LogP contribution in [0.25, 0.3) is 0 Å². The predicted molar refractivity (Wildman–Crippen MR) is 71.3 cm³/mol. The Bertz CT molecular complexity index is 204. The highest BCUT2D eigenvalue weighted by molar-refractivity contribution is 4.79. The minimum atomic E-state index is 0.890. The van der Waals surface area contributed by atoms with Crippen molar-refractivity contribution in [3.05, 3.63) is 0 Å². The molecule has 1 N–H and O–H groups in total. The molecular weight excluding hydrogens is 212 g/mol. The van der Waals surface area contributed by atoms with Crippen molar-refractivity contribution in [2.75, 3.05) is 45.9 Å². The van der Waals surface area contributed by atoms with Gasteiger partial charge in [0.1, 0.15) is 0 Å². The first kappa shape index (κ1) is 13.3. The first-order valence-electron chi connectivity index (χ1n) is 7.39. The van der Waals surface area contributed by atoms with Gasteiger partial charge in [-0.05, 0) is 57.2 Å². The maximum Gasteiger partial charge on any atom is 0.0469 e. The smallest absolute Gasteiger partial charge is 0.0469 e. The molecule has 2 saturated heterocycles. The first-order chi connectivity index (χ1) is 8.38. The zero-order chi connectivity index (χ0) is 11.9. The molecule has 2 rings (SSSR count). The van der Waals surface area contributed by atoms with E-state index in [9.17, 15) is 0 Å². The van der Waals surface area contributed by atoms with Crippen molar-refractivity contribution < 1.29 is 4.74 Å². The van der Waals surface area contributed by atoms with Crippen LogP contribution >= 0.6 is 0 Å². The third-order valence-electron chi connectivity index (χ3n) is 4.09. The standard InChI is InChI=1S/C14H28N2O/c1-2-6-15-10-14-3-7-16(12-14)11-13-4-8-17-9-5-13/h13-15H,2-12H2,1H3. The van der Waals surface area contributed by atoms with Crippen LogP contribution in [-0.4, -0.2) is 50.8 Å². The van der Waals surface area contributed by atoms with Crippen LogP contribution in [0.4, 0.5) is 0 Å². The Hall–Kier alpha value is -0.120. The topological polar surface area (TPSA) is 24.5 Å². The Labute approximate surface area is 106 Å². The summed E-state index contributed by atoms with van der Waals surface area (Å²) in [6, 6.07) is 0. The van der Waals surface area contributed by atoms with Crippen LogP contribution in [-0.2, 0) is 4.74 Å². The summed E-state index contributed by atoms with van der Waals surface area (Å²) in [6.07, 6.45) is 5.18. The second-order valence-corrected chi connectivity index (χ2v) is 5.67. The van der Waals surface area contributed by atoms with Gasteiger partial charge in [0.05, 0.1) is 0 Å². The minimum absolute atomic E-state index is 0.890. The summed E-state index contributed by atoms with van der Waals surface area (Å²) in [5.74, 6) is 1.78. The first-order valence-corrected chi connectivity index (χ1v) is 7.39. The van der Waals surface area contributed by atoms with E-state index < -0.39 is 0 Å². The van der Waals surface area contributed by atoms with Gasteiger partial charge in [0, 0.05) is 26.3 Å². The molecular formula is C14H28N2O. The van der Waals surface area contributed by atoms with Gasteiger partial charge in [0.15, 0.2) is 0 Å². The molecule has 1 unspecified atom stereocenters. The van der Waals surface area contributed by atoms with Gasteiger partial charge in [-0.15, -0.1) is 0 Å². The Morgan fingerprint density at radius 2 is 2.00 bits per heavy atom. The van der Waals surface area contributed by atoms with Gasteiger partial charge in [0.2, 0.25) is 0 Å². The zero-order valence-corrected chi connectivity index (χ0v) is 11.3. The highest BCUT2D eigenvalue weighted by Gasteiger charge is 2.25. The third kappa shape index (κ3) is 4.57. The molecule has 0 aromatic heterocycles. The second kappa shape index (κ2) is 7.34. The molecule has 0 radical (unpaired) electrons. The molecule has 0 saturated carbocycles. The van der Waals surface area contributed by atoms with Crippen molar-refractivity contribution in [2.45, 2.75) is 32.6 Å². The van der Waals surface area contributed by atoms with Crippen molar-refractivity contribution >= 4 is 0 Å². The summed E-state index contributed by atoms with van der Waals surface area (Å²) in [5, 5.41) is 3.55. The fourth-order valence-corrected chi connectivity index (χ4v) is 3.02. The Morgan fingerprint density at radius 1 is 1.18 bits per heavy atom. The average molecular weight is 240 g/mol. The molecule has 17 heavy (non-hydrogen) atoms. The SMILES string of the molecule is CCCNCC1CCN(CC2CCOCC2)C1. The summed E-state index contributed by atoms with van der Waals surface area (Å²) in [7, 11) is 0. The number of ether oxygens (including phenoxy) is 1. The second-order valence-electron chi connectivity index (χ2n) is 5.67. The predicted octanol–water partition coefficient (Wildman–Crippen LogP) is 1.73. The lowest BCUT2D eigenvalue weighted by Gasteiger charge is -2.27. The molecule has 0 spiro atoms. The summed E-state index contributed by atoms with van der Waals surface area (Å²) < 4.78 is 5.42. The molecule has 2 heterocycles. The van der Waals surface area contributed by atoms with Crippen LogP contribution in [0.5, 0.6) is 0 Å². The van der Waals surface area contributed by atoms with Gasteiger partial charge in [-0.1, -0.05) is 6.92 Å². The highest BCUT2D eigenvalue weighted by atomic mass is 16.5. The van der Waals surface area contributed by atoms with E-state index in [0.717, 1.165) is 25.0 Å². The Balaban J connectivity index is 1.60. The number of hydrogen-bond acceptors (Lipinski definition) is 3. The van der Waals surface area contributed by atoms with Gasteiger partial charge < -0.3 is 15.0 Å². The summed E-state index contributed by atoms with van der Waals surface area (Å²) in [6.45, 7) is 10.5. The molecule has 2 aliphatic heterocycles. The van der Waals surface area contributed by atoms with E-state index in [1.807, 2.05) is 0 Å². The monoisotopic (exact) mass is 240 g/mol. The average Bonchev–Trinajstić information content (AvgIpc) is 2.79. The van der Waals surface area contributed by atoms with Crippen molar-refractivity contribution in [1.82, 2.24) is 10.2 Å². The quantitative estimate of drug-likeness (QED) is 0.716. The van der Waals surface area contributed by atoms with Crippen LogP contribution in [0, 0.1) is 11.8 Å². The number of likely N-dealkylation sites (tertiary alicyclic amines) is 1. The lowest BCUT2D eigenvalue weighted by Crippen LogP contribution is -2.32. The molecule has 0 aromatic carbocycles. The number of nitrogens with zero attached hydrogens (tertiary/aromatic N) is 1. The van der Waals surface area contributed by atoms with Crippen molar-refractivity contribution in [1.29, 1.82) is 0 Å². The Kier molecular flexibility index (Phi) is 5.75. The van der Waals surface area contributed by atoms with Crippen LogP contribution in [0.3, 0.4) is 0 Å². The maximum absolute atomic E-state index is 5.42. The van der Waals surface area contributed by atoms with E-state index >= 15 is 0 Å². The summed E-state index contributed by atoms with van der Waals surface area (Å²) >= 11 is 0. The molecule has 2 aliphatic rings. The van der Waals surface area contributed by atoms with Crippen molar-refractivity contribution in [3.8, 4) is 0 Å². The fourth-order valence-electron chi connectivity index (χ4n) is 3.02. The van der Waals surface area contributed by atoms with E-state index in [1.165, 1.54) is 58.4 Å². The van der Waals surface area contributed by atoms with E-state index in [4.69, 9.17) is 4.74 Å². The molecule has 3 nitrogen and oxygen atoms in total. The number of hydrogen-bond donors (Lipinski definition) is 1. The van der Waals surface area contributed by atoms with Crippen LogP contribution in [0.15, 0.2) is 0 Å². The van der Waals surface area contributed by atoms with Crippen LogP contribution < -0.4 is 5.32 Å². The van der Waals surface area contributed by atoms with Gasteiger partial charge in [-0.2, -0.15) is 0 Å². The van der Waals surface area contributed by atoms with Crippen molar-refractivity contribution in [2.24, 2.45) is 11.8 Å².